The second kappa shape index (κ2) is 12.8. The van der Waals surface area contributed by atoms with Crippen LogP contribution in [0.15, 0.2) is 79.1 Å². The lowest BCUT2D eigenvalue weighted by molar-refractivity contribution is -0.137. The molecule has 1 aliphatic heterocycles. The molecular weight excluding hydrogens is 586 g/mol. The number of hydrogen-bond donors (Lipinski definition) is 4. The van der Waals surface area contributed by atoms with E-state index in [0.717, 1.165) is 17.0 Å². The number of pyridine rings is 1. The highest BCUT2D eigenvalue weighted by Crippen LogP contribution is 2.32. The van der Waals surface area contributed by atoms with E-state index in [2.05, 4.69) is 30.9 Å². The zero-order chi connectivity index (χ0) is 31.3. The number of urea groups is 1. The number of amides is 3. The van der Waals surface area contributed by atoms with Crippen molar-refractivity contribution in [2.45, 2.75) is 24.8 Å². The summed E-state index contributed by atoms with van der Waals surface area (Å²) in [5.74, 6) is 0.755. The first-order valence-corrected chi connectivity index (χ1v) is 13.2. The van der Waals surface area contributed by atoms with Crippen molar-refractivity contribution in [3.63, 3.8) is 0 Å². The fraction of sp³-hybridized carbons (Fsp3) is 0.207. The normalized spacial score (nSPS) is 16.6. The fourth-order valence-corrected chi connectivity index (χ4v) is 4.51. The van der Waals surface area contributed by atoms with Crippen LogP contribution in [-0.2, 0) is 6.18 Å². The number of nitrogens with one attached hydrogen (secondary N) is 3. The Labute approximate surface area is 247 Å². The van der Waals surface area contributed by atoms with Crippen molar-refractivity contribution in [1.29, 1.82) is 0 Å². The van der Waals surface area contributed by atoms with E-state index in [-0.39, 0.29) is 37.0 Å². The number of benzene rings is 2. The van der Waals surface area contributed by atoms with Crippen LogP contribution in [0.25, 0.3) is 11.3 Å². The number of carboxylic acid groups (broad SMARTS) is 1. The number of piperidine rings is 1. The summed E-state index contributed by atoms with van der Waals surface area (Å²) in [6.45, 7) is -0.100. The number of rotatable bonds is 7. The van der Waals surface area contributed by atoms with E-state index in [1.807, 2.05) is 0 Å². The number of carbonyl (C=O) groups excluding carboxylic acids is 1. The van der Waals surface area contributed by atoms with E-state index >= 15 is 0 Å². The van der Waals surface area contributed by atoms with Crippen LogP contribution < -0.4 is 20.7 Å². The maximum absolute atomic E-state index is 14.1. The Morgan fingerprint density at radius 3 is 2.45 bits per heavy atom. The highest BCUT2D eigenvalue weighted by atomic mass is 19.4. The minimum absolute atomic E-state index is 0.0179. The van der Waals surface area contributed by atoms with E-state index < -0.39 is 36.1 Å². The van der Waals surface area contributed by atoms with Crippen molar-refractivity contribution in [1.82, 2.24) is 19.9 Å². The highest BCUT2D eigenvalue weighted by molar-refractivity contribution is 5.99. The number of likely N-dealkylation sites (tertiary alicyclic amines) is 1. The molecule has 1 fully saturated rings. The Balaban J connectivity index is 1.23. The molecular formula is C29H25F4N7O4. The van der Waals surface area contributed by atoms with Crippen LogP contribution in [-0.4, -0.2) is 62.4 Å². The van der Waals surface area contributed by atoms with Gasteiger partial charge in [-0.2, -0.15) is 13.2 Å². The van der Waals surface area contributed by atoms with Crippen LogP contribution in [0.1, 0.15) is 12.0 Å². The molecule has 3 amide bonds. The molecule has 4 aromatic rings. The lowest BCUT2D eigenvalue weighted by Gasteiger charge is -2.33. The first-order chi connectivity index (χ1) is 21.0. The zero-order valence-electron chi connectivity index (χ0n) is 22.8. The third-order valence-corrected chi connectivity index (χ3v) is 6.48. The fourth-order valence-electron chi connectivity index (χ4n) is 4.51. The minimum atomic E-state index is -4.54. The Morgan fingerprint density at radius 2 is 1.70 bits per heavy atom. The summed E-state index contributed by atoms with van der Waals surface area (Å²) in [6.07, 6.45) is -3.92. The topological polar surface area (TPSA) is 142 Å². The average Bonchev–Trinajstić information content (AvgIpc) is 2.98. The molecule has 0 unspecified atom stereocenters. The molecule has 0 spiro atoms. The maximum atomic E-state index is 14.1. The van der Waals surface area contributed by atoms with Crippen LogP contribution >= 0.6 is 0 Å². The van der Waals surface area contributed by atoms with Gasteiger partial charge in [-0.3, -0.25) is 0 Å². The van der Waals surface area contributed by atoms with Gasteiger partial charge in [0, 0.05) is 42.8 Å². The minimum Gasteiger partial charge on any atom is -0.465 e. The molecule has 0 bridgehead atoms. The molecule has 2 atom stereocenters. The predicted octanol–water partition coefficient (Wildman–Crippen LogP) is 6.50. The second-order valence-electron chi connectivity index (χ2n) is 9.77. The van der Waals surface area contributed by atoms with Crippen LogP contribution in [0, 0.1) is 0 Å². The van der Waals surface area contributed by atoms with Gasteiger partial charge < -0.3 is 30.7 Å². The quantitative estimate of drug-likeness (QED) is 0.174. The molecule has 1 saturated heterocycles. The summed E-state index contributed by atoms with van der Waals surface area (Å²) < 4.78 is 58.9. The third-order valence-electron chi connectivity index (χ3n) is 6.48. The van der Waals surface area contributed by atoms with Gasteiger partial charge in [0.25, 0.3) is 0 Å². The standard InChI is InChI=1S/C29H25F4N7O4/c30-18-14-21(16-40(15-18)28(42)43)36-26-35-12-10-24(39-26)23-5-2-11-34-25(23)44-22-8-6-19(7-9-22)37-27(41)38-20-4-1-3-17(13-20)29(31,32)33/h1-13,18,21H,14-16H2,(H,42,43)(H,35,36,39)(H2,37,38,41)/t18-,21-/m0/s1. The number of nitrogens with zero attached hydrogens (tertiary/aromatic N) is 4. The zero-order valence-corrected chi connectivity index (χ0v) is 22.8. The van der Waals surface area contributed by atoms with Crippen molar-refractivity contribution >= 4 is 29.4 Å². The summed E-state index contributed by atoms with van der Waals surface area (Å²) in [5.41, 5.74) is 0.411. The van der Waals surface area contributed by atoms with Crippen molar-refractivity contribution < 1.29 is 37.0 Å². The van der Waals surface area contributed by atoms with E-state index in [1.165, 1.54) is 24.5 Å². The Bertz CT molecular complexity index is 1640. The first kappa shape index (κ1) is 30.0. The van der Waals surface area contributed by atoms with Crippen molar-refractivity contribution in [3.8, 4) is 22.9 Å². The van der Waals surface area contributed by atoms with E-state index in [9.17, 15) is 32.3 Å². The smallest absolute Gasteiger partial charge is 0.416 e. The maximum Gasteiger partial charge on any atom is 0.416 e. The molecule has 11 nitrogen and oxygen atoms in total. The number of alkyl halides is 4. The SMILES string of the molecule is O=C(Nc1ccc(Oc2ncccc2-c2ccnc(N[C@H]3C[C@H](F)CN(C(=O)O)C3)n2)cc1)Nc1cccc(C(F)(F)F)c1. The summed E-state index contributed by atoms with van der Waals surface area (Å²) in [6, 6.07) is 14.3. The van der Waals surface area contributed by atoms with Gasteiger partial charge in [0.1, 0.15) is 11.9 Å². The highest BCUT2D eigenvalue weighted by Gasteiger charge is 2.31. The molecule has 0 saturated carbocycles. The largest absolute Gasteiger partial charge is 0.465 e. The Kier molecular flexibility index (Phi) is 8.73. The van der Waals surface area contributed by atoms with Gasteiger partial charge in [0.05, 0.1) is 23.4 Å². The van der Waals surface area contributed by atoms with Crippen LogP contribution in [0.5, 0.6) is 11.6 Å². The molecule has 15 heteroatoms. The Morgan fingerprint density at radius 1 is 0.932 bits per heavy atom. The van der Waals surface area contributed by atoms with Crippen molar-refractivity contribution in [3.05, 3.63) is 84.7 Å². The van der Waals surface area contributed by atoms with E-state index in [1.54, 1.807) is 42.5 Å². The van der Waals surface area contributed by atoms with Crippen LogP contribution in [0.2, 0.25) is 0 Å². The monoisotopic (exact) mass is 611 g/mol. The van der Waals surface area contributed by atoms with Crippen LogP contribution in [0.4, 0.5) is 44.5 Å². The summed E-state index contributed by atoms with van der Waals surface area (Å²) >= 11 is 0. The molecule has 228 valence electrons. The van der Waals surface area contributed by atoms with E-state index in [4.69, 9.17) is 4.74 Å². The Hall–Kier alpha value is -5.47. The van der Waals surface area contributed by atoms with Gasteiger partial charge in [-0.25, -0.2) is 28.9 Å². The summed E-state index contributed by atoms with van der Waals surface area (Å²) in [5, 5.41) is 17.2. The van der Waals surface area contributed by atoms with Gasteiger partial charge >= 0.3 is 18.3 Å². The number of anilines is 3. The number of aromatic nitrogens is 3. The lowest BCUT2D eigenvalue weighted by atomic mass is 10.0. The van der Waals surface area contributed by atoms with Gasteiger partial charge in [0.2, 0.25) is 11.8 Å². The van der Waals surface area contributed by atoms with Gasteiger partial charge in [-0.1, -0.05) is 6.07 Å². The molecule has 3 heterocycles. The average molecular weight is 612 g/mol. The van der Waals surface area contributed by atoms with Gasteiger partial charge in [-0.05, 0) is 60.7 Å². The first-order valence-electron chi connectivity index (χ1n) is 13.2. The number of hydrogen-bond acceptors (Lipinski definition) is 7. The van der Waals surface area contributed by atoms with Gasteiger partial charge in [-0.15, -0.1) is 0 Å². The van der Waals surface area contributed by atoms with Crippen LogP contribution in [0.3, 0.4) is 0 Å². The molecule has 44 heavy (non-hydrogen) atoms. The molecule has 0 aliphatic carbocycles. The molecule has 4 N–H and O–H groups in total. The number of ether oxygens (including phenoxy) is 1. The predicted molar refractivity (Wildman–Crippen MR) is 152 cm³/mol. The number of halogens is 4. The molecule has 0 radical (unpaired) electrons. The summed E-state index contributed by atoms with van der Waals surface area (Å²) in [4.78, 5) is 37.6. The molecule has 2 aromatic carbocycles. The number of carbonyl (C=O) groups is 2. The second-order valence-corrected chi connectivity index (χ2v) is 9.77. The van der Waals surface area contributed by atoms with Gasteiger partial charge in [0.15, 0.2) is 0 Å². The lowest BCUT2D eigenvalue weighted by Crippen LogP contribution is -2.49. The van der Waals surface area contributed by atoms with E-state index in [0.29, 0.717) is 22.7 Å². The summed E-state index contributed by atoms with van der Waals surface area (Å²) in [7, 11) is 0. The van der Waals surface area contributed by atoms with Crippen molar-refractivity contribution in [2.75, 3.05) is 29.0 Å². The third kappa shape index (κ3) is 7.67. The molecule has 2 aromatic heterocycles. The molecule has 1 aliphatic rings. The van der Waals surface area contributed by atoms with Crippen molar-refractivity contribution in [2.24, 2.45) is 0 Å². The molecule has 5 rings (SSSR count).